The smallest absolute Gasteiger partial charge is 0.220 e. The van der Waals surface area contributed by atoms with Crippen molar-refractivity contribution in [2.24, 2.45) is 5.73 Å². The van der Waals surface area contributed by atoms with Crippen LogP contribution in [0.1, 0.15) is 16.8 Å². The van der Waals surface area contributed by atoms with Gasteiger partial charge in [0.05, 0.1) is 6.61 Å². The van der Waals surface area contributed by atoms with Crippen molar-refractivity contribution >= 4 is 17.2 Å². The topological polar surface area (TPSA) is 68.4 Å². The molecule has 0 saturated heterocycles. The zero-order chi connectivity index (χ0) is 13.8. The highest BCUT2D eigenvalue weighted by Gasteiger charge is 2.07. The van der Waals surface area contributed by atoms with E-state index in [4.69, 9.17) is 22.7 Å². The normalized spacial score (nSPS) is 10.2. The Morgan fingerprint density at radius 2 is 2.11 bits per heavy atom. The van der Waals surface area contributed by atoms with Gasteiger partial charge in [0.1, 0.15) is 10.7 Å². The van der Waals surface area contributed by atoms with E-state index >= 15 is 0 Å². The number of nitrogens with two attached hydrogens (primary N) is 1. The number of nitrogens with zero attached hydrogens (tertiary/aromatic N) is 1. The van der Waals surface area contributed by atoms with Crippen molar-refractivity contribution in [1.29, 1.82) is 0 Å². The van der Waals surface area contributed by atoms with E-state index in [1.54, 1.807) is 24.3 Å². The zero-order valence-electron chi connectivity index (χ0n) is 10.5. The number of thiocarbonyl (C=S) groups is 1. The molecular formula is C14H14N2O2S. The van der Waals surface area contributed by atoms with Gasteiger partial charge in [-0.1, -0.05) is 30.4 Å². The number of ether oxygens (including phenoxy) is 1. The van der Waals surface area contributed by atoms with Crippen LogP contribution in [0.4, 0.5) is 0 Å². The number of aryl methyl sites for hydroxylation is 1. The minimum absolute atomic E-state index is 0.0931. The second-order valence-electron chi connectivity index (χ2n) is 4.07. The Labute approximate surface area is 116 Å². The molecule has 1 heterocycles. The fraction of sp³-hybridized carbons (Fsp3) is 0.143. The zero-order valence-corrected chi connectivity index (χ0v) is 11.3. The van der Waals surface area contributed by atoms with Crippen molar-refractivity contribution in [2.75, 3.05) is 0 Å². The molecule has 3 N–H and O–H groups in total. The van der Waals surface area contributed by atoms with Gasteiger partial charge < -0.3 is 15.6 Å². The Kier molecular flexibility index (Phi) is 4.09. The van der Waals surface area contributed by atoms with Gasteiger partial charge in [-0.05, 0) is 19.1 Å². The van der Waals surface area contributed by atoms with Crippen molar-refractivity contribution in [1.82, 2.24) is 4.98 Å². The van der Waals surface area contributed by atoms with E-state index in [-0.39, 0.29) is 6.61 Å². The van der Waals surface area contributed by atoms with E-state index < -0.39 is 0 Å². The highest BCUT2D eigenvalue weighted by molar-refractivity contribution is 7.80. The monoisotopic (exact) mass is 274 g/mol. The summed E-state index contributed by atoms with van der Waals surface area (Å²) in [6, 6.07) is 10.7. The molecule has 2 aromatic rings. The molecule has 2 rings (SSSR count). The lowest BCUT2D eigenvalue weighted by Gasteiger charge is -2.10. The average molecular weight is 274 g/mol. The molecule has 0 radical (unpaired) electrons. The maximum Gasteiger partial charge on any atom is 0.220 e. The molecule has 0 atom stereocenters. The second kappa shape index (κ2) is 5.77. The van der Waals surface area contributed by atoms with Crippen molar-refractivity contribution < 1.29 is 9.84 Å². The number of aromatic nitrogens is 1. The van der Waals surface area contributed by atoms with Crippen LogP contribution in [0.5, 0.6) is 11.6 Å². The largest absolute Gasteiger partial charge is 0.439 e. The van der Waals surface area contributed by atoms with Gasteiger partial charge in [-0.2, -0.15) is 0 Å². The molecule has 0 aliphatic heterocycles. The third-order valence-electron chi connectivity index (χ3n) is 2.57. The van der Waals surface area contributed by atoms with Crippen molar-refractivity contribution in [3.63, 3.8) is 0 Å². The van der Waals surface area contributed by atoms with E-state index in [0.29, 0.717) is 27.7 Å². The van der Waals surface area contributed by atoms with Crippen LogP contribution >= 0.6 is 12.2 Å². The molecule has 0 unspecified atom stereocenters. The van der Waals surface area contributed by atoms with Crippen LogP contribution in [0.15, 0.2) is 36.4 Å². The Morgan fingerprint density at radius 1 is 1.37 bits per heavy atom. The first kappa shape index (κ1) is 13.5. The standard InChI is InChI=1S/C14H14N2O2S/c1-9-6-11(14(15)19)7-13(16-9)18-12-5-3-2-4-10(12)8-17/h2-7,17H,8H2,1H3,(H2,15,19). The number of para-hydroxylation sites is 1. The van der Waals surface area contributed by atoms with Crippen LogP contribution in [0.25, 0.3) is 0 Å². The number of hydrogen-bond donors (Lipinski definition) is 2. The summed E-state index contributed by atoms with van der Waals surface area (Å²) in [5.74, 6) is 0.973. The van der Waals surface area contributed by atoms with Crippen LogP contribution in [0, 0.1) is 6.92 Å². The highest BCUT2D eigenvalue weighted by Crippen LogP contribution is 2.24. The molecule has 19 heavy (non-hydrogen) atoms. The molecule has 1 aromatic heterocycles. The minimum Gasteiger partial charge on any atom is -0.439 e. The van der Waals surface area contributed by atoms with Gasteiger partial charge in [0, 0.05) is 22.9 Å². The Bertz CT molecular complexity index is 614. The van der Waals surface area contributed by atoms with Gasteiger partial charge in [0.25, 0.3) is 0 Å². The molecule has 0 saturated carbocycles. The van der Waals surface area contributed by atoms with Gasteiger partial charge >= 0.3 is 0 Å². The summed E-state index contributed by atoms with van der Waals surface area (Å²) in [5, 5.41) is 9.25. The predicted octanol–water partition coefficient (Wildman–Crippen LogP) is 2.31. The van der Waals surface area contributed by atoms with Gasteiger partial charge in [0.15, 0.2) is 0 Å². The fourth-order valence-electron chi connectivity index (χ4n) is 1.68. The first-order valence-electron chi connectivity index (χ1n) is 5.75. The first-order valence-corrected chi connectivity index (χ1v) is 6.16. The van der Waals surface area contributed by atoms with Crippen LogP contribution in [-0.2, 0) is 6.61 Å². The number of hydrogen-bond acceptors (Lipinski definition) is 4. The molecule has 0 spiro atoms. The molecule has 5 heteroatoms. The maximum atomic E-state index is 9.25. The summed E-state index contributed by atoms with van der Waals surface area (Å²) in [5.41, 5.74) is 7.78. The van der Waals surface area contributed by atoms with E-state index in [9.17, 15) is 5.11 Å². The molecular weight excluding hydrogens is 260 g/mol. The number of rotatable bonds is 4. The average Bonchev–Trinajstić information content (AvgIpc) is 2.38. The van der Waals surface area contributed by atoms with E-state index in [2.05, 4.69) is 4.98 Å². The lowest BCUT2D eigenvalue weighted by Crippen LogP contribution is -2.10. The number of benzene rings is 1. The molecule has 0 aliphatic carbocycles. The molecule has 4 nitrogen and oxygen atoms in total. The number of aliphatic hydroxyl groups excluding tert-OH is 1. The molecule has 0 bridgehead atoms. The quantitative estimate of drug-likeness (QED) is 0.837. The highest BCUT2D eigenvalue weighted by atomic mass is 32.1. The van der Waals surface area contributed by atoms with E-state index in [0.717, 1.165) is 5.69 Å². The number of pyridine rings is 1. The van der Waals surface area contributed by atoms with Crippen LogP contribution in [-0.4, -0.2) is 15.1 Å². The summed E-state index contributed by atoms with van der Waals surface area (Å²) < 4.78 is 5.69. The molecule has 0 fully saturated rings. The summed E-state index contributed by atoms with van der Waals surface area (Å²) in [6.07, 6.45) is 0. The van der Waals surface area contributed by atoms with Crippen molar-refractivity contribution in [2.45, 2.75) is 13.5 Å². The third-order valence-corrected chi connectivity index (χ3v) is 2.81. The Hall–Kier alpha value is -1.98. The molecule has 0 amide bonds. The first-order chi connectivity index (χ1) is 9.10. The van der Waals surface area contributed by atoms with E-state index in [1.807, 2.05) is 19.1 Å². The summed E-state index contributed by atoms with van der Waals surface area (Å²) in [7, 11) is 0. The van der Waals surface area contributed by atoms with Crippen molar-refractivity contribution in [3.05, 3.63) is 53.2 Å². The third kappa shape index (κ3) is 3.27. The molecule has 98 valence electrons. The lowest BCUT2D eigenvalue weighted by molar-refractivity contribution is 0.276. The molecule has 1 aromatic carbocycles. The van der Waals surface area contributed by atoms with Crippen LogP contribution < -0.4 is 10.5 Å². The van der Waals surface area contributed by atoms with Crippen molar-refractivity contribution in [3.8, 4) is 11.6 Å². The minimum atomic E-state index is -0.0931. The van der Waals surface area contributed by atoms with Gasteiger partial charge in [-0.15, -0.1) is 0 Å². The Morgan fingerprint density at radius 3 is 2.79 bits per heavy atom. The van der Waals surface area contributed by atoms with Crippen LogP contribution in [0.2, 0.25) is 0 Å². The molecule has 0 aliphatic rings. The van der Waals surface area contributed by atoms with Gasteiger partial charge in [0.2, 0.25) is 5.88 Å². The Balaban J connectivity index is 2.35. The summed E-state index contributed by atoms with van der Waals surface area (Å²) in [4.78, 5) is 4.56. The SMILES string of the molecule is Cc1cc(C(N)=S)cc(Oc2ccccc2CO)n1. The maximum absolute atomic E-state index is 9.25. The second-order valence-corrected chi connectivity index (χ2v) is 4.51. The number of aliphatic hydroxyl groups is 1. The van der Waals surface area contributed by atoms with Gasteiger partial charge in [-0.3, -0.25) is 0 Å². The lowest BCUT2D eigenvalue weighted by atomic mass is 10.2. The van der Waals surface area contributed by atoms with Crippen LogP contribution in [0.3, 0.4) is 0 Å². The van der Waals surface area contributed by atoms with Gasteiger partial charge in [-0.25, -0.2) is 4.98 Å². The summed E-state index contributed by atoms with van der Waals surface area (Å²) in [6.45, 7) is 1.75. The predicted molar refractivity (Wildman–Crippen MR) is 77.3 cm³/mol. The fourth-order valence-corrected chi connectivity index (χ4v) is 1.80. The summed E-state index contributed by atoms with van der Waals surface area (Å²) >= 11 is 4.95. The van der Waals surface area contributed by atoms with E-state index in [1.165, 1.54) is 0 Å².